The molecule has 2 fully saturated rings. The van der Waals surface area contributed by atoms with Gasteiger partial charge in [-0.3, -0.25) is 4.79 Å². The number of nitrogens with two attached hydrogens (primary N) is 1. The SMILES string of the molecule is O=C([O-])C1CCC(CNC(=O)[C@H]2CCC[NH2+]2)CC1. The van der Waals surface area contributed by atoms with Crippen LogP contribution in [0.2, 0.25) is 0 Å². The Morgan fingerprint density at radius 3 is 2.44 bits per heavy atom. The van der Waals surface area contributed by atoms with Crippen molar-refractivity contribution in [2.75, 3.05) is 13.1 Å². The molecule has 3 N–H and O–H groups in total. The van der Waals surface area contributed by atoms with Gasteiger partial charge in [-0.05, 0) is 37.5 Å². The molecule has 1 heterocycles. The van der Waals surface area contributed by atoms with E-state index in [0.29, 0.717) is 25.3 Å². The fourth-order valence-corrected chi connectivity index (χ4v) is 2.99. The molecule has 102 valence electrons. The van der Waals surface area contributed by atoms with Crippen LogP contribution in [0, 0.1) is 11.8 Å². The van der Waals surface area contributed by atoms with Crippen molar-refractivity contribution >= 4 is 11.9 Å². The summed E-state index contributed by atoms with van der Waals surface area (Å²) in [7, 11) is 0. The first kappa shape index (κ1) is 13.3. The standard InChI is InChI=1S/C13H22N2O3/c16-12(11-2-1-7-14-11)15-8-9-3-5-10(6-4-9)13(17)18/h9-11,14H,1-8H2,(H,15,16)(H,17,18)/t9?,10?,11-/m1/s1. The monoisotopic (exact) mass is 254 g/mol. The molecule has 0 aromatic heterocycles. The third-order valence-corrected chi connectivity index (χ3v) is 4.25. The first-order valence-corrected chi connectivity index (χ1v) is 6.98. The zero-order chi connectivity index (χ0) is 13.0. The smallest absolute Gasteiger partial charge is 0.278 e. The molecule has 2 aliphatic rings. The van der Waals surface area contributed by atoms with Gasteiger partial charge in [0.2, 0.25) is 0 Å². The van der Waals surface area contributed by atoms with Gasteiger partial charge in [0.05, 0.1) is 6.54 Å². The minimum atomic E-state index is -0.918. The summed E-state index contributed by atoms with van der Waals surface area (Å²) in [4.78, 5) is 22.5. The van der Waals surface area contributed by atoms with Crippen molar-refractivity contribution in [2.45, 2.75) is 44.6 Å². The molecule has 5 heteroatoms. The van der Waals surface area contributed by atoms with Crippen LogP contribution in [0.15, 0.2) is 0 Å². The van der Waals surface area contributed by atoms with Crippen molar-refractivity contribution in [3.05, 3.63) is 0 Å². The molecule has 1 saturated carbocycles. The number of hydrogen-bond donors (Lipinski definition) is 2. The number of aliphatic carboxylic acids is 1. The predicted octanol–water partition coefficient (Wildman–Crippen LogP) is -1.62. The summed E-state index contributed by atoms with van der Waals surface area (Å²) < 4.78 is 0. The van der Waals surface area contributed by atoms with E-state index < -0.39 is 5.97 Å². The number of carboxylic acid groups (broad SMARTS) is 1. The molecular formula is C13H22N2O3. The predicted molar refractivity (Wildman–Crippen MR) is 63.3 cm³/mol. The summed E-state index contributed by atoms with van der Waals surface area (Å²) >= 11 is 0. The maximum Gasteiger partial charge on any atom is 0.278 e. The number of amides is 1. The maximum absolute atomic E-state index is 11.8. The van der Waals surface area contributed by atoms with E-state index in [0.717, 1.165) is 32.2 Å². The second-order valence-corrected chi connectivity index (χ2v) is 5.55. The van der Waals surface area contributed by atoms with E-state index in [1.165, 1.54) is 0 Å². The van der Waals surface area contributed by atoms with E-state index in [-0.39, 0.29) is 17.9 Å². The van der Waals surface area contributed by atoms with Crippen LogP contribution >= 0.6 is 0 Å². The van der Waals surface area contributed by atoms with Crippen molar-refractivity contribution in [3.63, 3.8) is 0 Å². The minimum Gasteiger partial charge on any atom is -0.550 e. The highest BCUT2D eigenvalue weighted by molar-refractivity contribution is 5.80. The molecule has 1 aliphatic heterocycles. The highest BCUT2D eigenvalue weighted by Crippen LogP contribution is 2.27. The molecular weight excluding hydrogens is 232 g/mol. The third kappa shape index (κ3) is 3.45. The molecule has 18 heavy (non-hydrogen) atoms. The second-order valence-electron chi connectivity index (χ2n) is 5.55. The van der Waals surface area contributed by atoms with Crippen LogP contribution in [-0.4, -0.2) is 31.0 Å². The summed E-state index contributed by atoms with van der Waals surface area (Å²) in [5, 5.41) is 15.8. The maximum atomic E-state index is 11.8. The Hall–Kier alpha value is -1.10. The van der Waals surface area contributed by atoms with E-state index in [4.69, 9.17) is 0 Å². The molecule has 2 rings (SSSR count). The van der Waals surface area contributed by atoms with Gasteiger partial charge in [-0.2, -0.15) is 0 Å². The second kappa shape index (κ2) is 6.18. The largest absolute Gasteiger partial charge is 0.550 e. The van der Waals surface area contributed by atoms with Gasteiger partial charge in [0.1, 0.15) is 0 Å². The van der Waals surface area contributed by atoms with E-state index in [9.17, 15) is 14.7 Å². The van der Waals surface area contributed by atoms with E-state index in [1.54, 1.807) is 0 Å². The molecule has 0 bridgehead atoms. The van der Waals surface area contributed by atoms with Crippen LogP contribution in [0.4, 0.5) is 0 Å². The number of rotatable bonds is 4. The molecule has 1 amide bonds. The minimum absolute atomic E-state index is 0.101. The van der Waals surface area contributed by atoms with Crippen LogP contribution in [0.1, 0.15) is 38.5 Å². The summed E-state index contributed by atoms with van der Waals surface area (Å²) in [6, 6.07) is 0.101. The van der Waals surface area contributed by atoms with Gasteiger partial charge in [0.25, 0.3) is 5.91 Å². The first-order chi connectivity index (χ1) is 8.66. The Labute approximate surface area is 107 Å². The zero-order valence-corrected chi connectivity index (χ0v) is 10.7. The number of carboxylic acids is 1. The Morgan fingerprint density at radius 1 is 1.17 bits per heavy atom. The molecule has 1 aliphatic carbocycles. The van der Waals surface area contributed by atoms with Crippen molar-refractivity contribution in [2.24, 2.45) is 11.8 Å². The number of nitrogens with one attached hydrogen (secondary N) is 1. The summed E-state index contributed by atoms with van der Waals surface area (Å²) in [6.45, 7) is 1.75. The van der Waals surface area contributed by atoms with Gasteiger partial charge in [-0.15, -0.1) is 0 Å². The third-order valence-electron chi connectivity index (χ3n) is 4.25. The fourth-order valence-electron chi connectivity index (χ4n) is 2.99. The Kier molecular flexibility index (Phi) is 4.58. The van der Waals surface area contributed by atoms with Gasteiger partial charge in [-0.25, -0.2) is 0 Å². The summed E-state index contributed by atoms with van der Waals surface area (Å²) in [5.41, 5.74) is 0. The van der Waals surface area contributed by atoms with Gasteiger partial charge in [-0.1, -0.05) is 0 Å². The van der Waals surface area contributed by atoms with Gasteiger partial charge < -0.3 is 20.5 Å². The molecule has 0 spiro atoms. The van der Waals surface area contributed by atoms with Crippen LogP contribution in [0.25, 0.3) is 0 Å². The van der Waals surface area contributed by atoms with E-state index in [2.05, 4.69) is 10.6 Å². The van der Waals surface area contributed by atoms with E-state index >= 15 is 0 Å². The number of quaternary nitrogens is 1. The quantitative estimate of drug-likeness (QED) is 0.632. The van der Waals surface area contributed by atoms with Crippen LogP contribution in [-0.2, 0) is 9.59 Å². The van der Waals surface area contributed by atoms with Gasteiger partial charge in [0.15, 0.2) is 6.04 Å². The molecule has 0 unspecified atom stereocenters. The zero-order valence-electron chi connectivity index (χ0n) is 10.7. The Balaban J connectivity index is 1.65. The molecule has 0 aromatic carbocycles. The van der Waals surface area contributed by atoms with Gasteiger partial charge in [0, 0.05) is 25.4 Å². The lowest BCUT2D eigenvalue weighted by Gasteiger charge is -2.29. The highest BCUT2D eigenvalue weighted by Gasteiger charge is 2.27. The van der Waals surface area contributed by atoms with Crippen LogP contribution < -0.4 is 15.7 Å². The summed E-state index contributed by atoms with van der Waals surface area (Å²) in [6.07, 6.45) is 5.25. The molecule has 1 atom stereocenters. The molecule has 0 aromatic rings. The van der Waals surface area contributed by atoms with Crippen molar-refractivity contribution in [1.29, 1.82) is 0 Å². The Bertz CT molecular complexity index is 305. The topological polar surface area (TPSA) is 85.8 Å². The highest BCUT2D eigenvalue weighted by atomic mass is 16.4. The lowest BCUT2D eigenvalue weighted by molar-refractivity contribution is -0.657. The van der Waals surface area contributed by atoms with Crippen molar-refractivity contribution in [1.82, 2.24) is 5.32 Å². The van der Waals surface area contributed by atoms with Crippen LogP contribution in [0.3, 0.4) is 0 Å². The fraction of sp³-hybridized carbons (Fsp3) is 0.846. The number of carbonyl (C=O) groups excluding carboxylic acids is 2. The molecule has 0 radical (unpaired) electrons. The van der Waals surface area contributed by atoms with Gasteiger partial charge >= 0.3 is 0 Å². The van der Waals surface area contributed by atoms with Crippen molar-refractivity contribution < 1.29 is 20.0 Å². The average molecular weight is 254 g/mol. The lowest BCUT2D eigenvalue weighted by Crippen LogP contribution is -2.89. The number of hydrogen-bond acceptors (Lipinski definition) is 3. The van der Waals surface area contributed by atoms with E-state index in [1.807, 2.05) is 0 Å². The molecule has 5 nitrogen and oxygen atoms in total. The summed E-state index contributed by atoms with van der Waals surface area (Å²) in [5.74, 6) is -0.612. The normalized spacial score (nSPS) is 32.1. The molecule has 1 saturated heterocycles. The first-order valence-electron chi connectivity index (χ1n) is 6.98. The van der Waals surface area contributed by atoms with Crippen LogP contribution in [0.5, 0.6) is 0 Å². The Morgan fingerprint density at radius 2 is 1.89 bits per heavy atom. The lowest BCUT2D eigenvalue weighted by atomic mass is 9.82. The number of carbonyl (C=O) groups is 2. The average Bonchev–Trinajstić information content (AvgIpc) is 2.90. The van der Waals surface area contributed by atoms with Crippen molar-refractivity contribution in [3.8, 4) is 0 Å².